The Morgan fingerprint density at radius 2 is 1.66 bits per heavy atom. The summed E-state index contributed by atoms with van der Waals surface area (Å²) in [6.45, 7) is 1.78. The van der Waals surface area contributed by atoms with E-state index in [1.807, 2.05) is 6.07 Å². The first-order chi connectivity index (χ1) is 15.5. The summed E-state index contributed by atoms with van der Waals surface area (Å²) >= 11 is 0. The number of urea groups is 1. The minimum Gasteiger partial charge on any atom is -0.493 e. The number of amides is 3. The van der Waals surface area contributed by atoms with E-state index in [1.54, 1.807) is 29.2 Å². The number of hydrogen-bond acceptors (Lipinski definition) is 7. The van der Waals surface area contributed by atoms with Gasteiger partial charge in [0.25, 0.3) is 0 Å². The Bertz CT molecular complexity index is 1000. The maximum Gasteiger partial charge on any atom is 0.325 e. The van der Waals surface area contributed by atoms with E-state index in [4.69, 9.17) is 23.7 Å². The van der Waals surface area contributed by atoms with Gasteiger partial charge in [-0.25, -0.2) is 4.79 Å². The molecule has 0 bridgehead atoms. The predicted molar refractivity (Wildman–Crippen MR) is 116 cm³/mol. The molecular formula is C22H25N3O7. The second kappa shape index (κ2) is 9.13. The summed E-state index contributed by atoms with van der Waals surface area (Å²) in [4.78, 5) is 28.6. The number of nitrogens with zero attached hydrogens (tertiary/aromatic N) is 2. The van der Waals surface area contributed by atoms with Crippen LogP contribution in [0.5, 0.6) is 28.7 Å². The molecule has 0 aromatic heterocycles. The Balaban J connectivity index is 1.42. The number of carbonyl (C=O) groups excluding carboxylic acids is 2. The quantitative estimate of drug-likeness (QED) is 0.701. The molecule has 32 heavy (non-hydrogen) atoms. The topological polar surface area (TPSA) is 98.8 Å². The van der Waals surface area contributed by atoms with Gasteiger partial charge in [0.2, 0.25) is 11.7 Å². The third-order valence-corrected chi connectivity index (χ3v) is 5.22. The third kappa shape index (κ3) is 4.16. The Labute approximate surface area is 185 Å². The lowest BCUT2D eigenvalue weighted by Gasteiger charge is -2.22. The Hall–Kier alpha value is -3.82. The summed E-state index contributed by atoms with van der Waals surface area (Å²) < 4.78 is 27.0. The summed E-state index contributed by atoms with van der Waals surface area (Å²) in [5.41, 5.74) is 1.17. The largest absolute Gasteiger partial charge is 0.493 e. The summed E-state index contributed by atoms with van der Waals surface area (Å²) in [5.74, 6) is 2.20. The molecule has 0 spiro atoms. The van der Waals surface area contributed by atoms with Crippen LogP contribution in [0.4, 0.5) is 16.2 Å². The van der Waals surface area contributed by atoms with Gasteiger partial charge in [-0.1, -0.05) is 0 Å². The normalized spacial score (nSPS) is 14.9. The van der Waals surface area contributed by atoms with Gasteiger partial charge in [-0.2, -0.15) is 0 Å². The van der Waals surface area contributed by atoms with Crippen molar-refractivity contribution >= 4 is 23.3 Å². The van der Waals surface area contributed by atoms with Crippen LogP contribution in [-0.4, -0.2) is 71.0 Å². The zero-order valence-electron chi connectivity index (χ0n) is 18.2. The minimum atomic E-state index is -0.336. The molecule has 4 rings (SSSR count). The average Bonchev–Trinajstić information content (AvgIpc) is 3.17. The standard InChI is InChI=1S/C22H25N3O7/c1-28-18-10-14(11-19(29-2)21(18)30-3)23-20(26)13-24-6-7-25(22(24)27)15-4-5-16-17(12-15)32-9-8-31-16/h4-5,10-12H,6-9,13H2,1-3H3,(H,23,26). The minimum absolute atomic E-state index is 0.0868. The van der Waals surface area contributed by atoms with Crippen molar-refractivity contribution < 1.29 is 33.3 Å². The van der Waals surface area contributed by atoms with E-state index in [1.165, 1.54) is 26.2 Å². The molecule has 2 aliphatic rings. The average molecular weight is 443 g/mol. The number of rotatable bonds is 7. The Morgan fingerprint density at radius 3 is 2.31 bits per heavy atom. The molecule has 0 radical (unpaired) electrons. The molecule has 0 saturated carbocycles. The first kappa shape index (κ1) is 21.4. The molecule has 2 aromatic rings. The molecule has 10 heteroatoms. The fourth-order valence-electron chi connectivity index (χ4n) is 3.70. The van der Waals surface area contributed by atoms with E-state index >= 15 is 0 Å². The molecule has 2 aromatic carbocycles. The Kier molecular flexibility index (Phi) is 6.11. The summed E-state index contributed by atoms with van der Waals surface area (Å²) in [7, 11) is 4.50. The SMILES string of the molecule is COc1cc(NC(=O)CN2CCN(c3ccc4c(c3)OCCO4)C2=O)cc(OC)c1OC. The number of nitrogens with one attached hydrogen (secondary N) is 1. The molecule has 0 unspecified atom stereocenters. The van der Waals surface area contributed by atoms with Gasteiger partial charge in [-0.3, -0.25) is 9.69 Å². The van der Waals surface area contributed by atoms with Crippen LogP contribution in [0.2, 0.25) is 0 Å². The molecule has 10 nitrogen and oxygen atoms in total. The second-order valence-corrected chi connectivity index (χ2v) is 7.15. The van der Waals surface area contributed by atoms with Crippen LogP contribution < -0.4 is 33.9 Å². The molecule has 1 fully saturated rings. The molecule has 170 valence electrons. The lowest BCUT2D eigenvalue weighted by molar-refractivity contribution is -0.116. The summed E-state index contributed by atoms with van der Waals surface area (Å²) in [5, 5.41) is 2.78. The first-order valence-corrected chi connectivity index (χ1v) is 10.1. The van der Waals surface area contributed by atoms with Crippen LogP contribution in [0.1, 0.15) is 0 Å². The van der Waals surface area contributed by atoms with Crippen molar-refractivity contribution in [2.45, 2.75) is 0 Å². The van der Waals surface area contributed by atoms with Gasteiger partial charge >= 0.3 is 6.03 Å². The second-order valence-electron chi connectivity index (χ2n) is 7.15. The zero-order chi connectivity index (χ0) is 22.7. The van der Waals surface area contributed by atoms with Crippen LogP contribution in [0.25, 0.3) is 0 Å². The summed E-state index contributed by atoms with van der Waals surface area (Å²) in [6.07, 6.45) is 0. The van der Waals surface area contributed by atoms with Crippen LogP contribution in [0, 0.1) is 0 Å². The van der Waals surface area contributed by atoms with E-state index < -0.39 is 0 Å². The van der Waals surface area contributed by atoms with Crippen LogP contribution in [0.15, 0.2) is 30.3 Å². The number of ether oxygens (including phenoxy) is 5. The maximum absolute atomic E-state index is 12.9. The van der Waals surface area contributed by atoms with Gasteiger partial charge in [0.15, 0.2) is 23.0 Å². The van der Waals surface area contributed by atoms with Crippen molar-refractivity contribution in [1.29, 1.82) is 0 Å². The van der Waals surface area contributed by atoms with Crippen LogP contribution in [0.3, 0.4) is 0 Å². The highest BCUT2D eigenvalue weighted by Crippen LogP contribution is 2.40. The monoisotopic (exact) mass is 443 g/mol. The highest BCUT2D eigenvalue weighted by molar-refractivity contribution is 5.99. The van der Waals surface area contributed by atoms with Gasteiger partial charge in [0.05, 0.1) is 21.3 Å². The van der Waals surface area contributed by atoms with Crippen LogP contribution in [-0.2, 0) is 4.79 Å². The molecular weight excluding hydrogens is 418 g/mol. The maximum atomic E-state index is 12.9. The molecule has 0 atom stereocenters. The lowest BCUT2D eigenvalue weighted by Crippen LogP contribution is -2.37. The van der Waals surface area contributed by atoms with Crippen LogP contribution >= 0.6 is 0 Å². The third-order valence-electron chi connectivity index (χ3n) is 5.22. The van der Waals surface area contributed by atoms with E-state index in [-0.39, 0.29) is 18.5 Å². The first-order valence-electron chi connectivity index (χ1n) is 10.1. The Morgan fingerprint density at radius 1 is 0.969 bits per heavy atom. The van der Waals surface area contributed by atoms with Gasteiger partial charge in [0.1, 0.15) is 19.8 Å². The van der Waals surface area contributed by atoms with Crippen molar-refractivity contribution in [3.8, 4) is 28.7 Å². The number of benzene rings is 2. The number of hydrogen-bond donors (Lipinski definition) is 1. The van der Waals surface area contributed by atoms with Gasteiger partial charge in [-0.15, -0.1) is 0 Å². The summed E-state index contributed by atoms with van der Waals surface area (Å²) in [6, 6.07) is 8.40. The smallest absolute Gasteiger partial charge is 0.325 e. The molecule has 2 aliphatic heterocycles. The van der Waals surface area contributed by atoms with Crippen molar-refractivity contribution in [3.05, 3.63) is 30.3 Å². The zero-order valence-corrected chi connectivity index (χ0v) is 18.2. The molecule has 0 aliphatic carbocycles. The van der Waals surface area contributed by atoms with E-state index in [2.05, 4.69) is 5.32 Å². The number of carbonyl (C=O) groups is 2. The number of fused-ring (bicyclic) bond motifs is 1. The van der Waals surface area contributed by atoms with Gasteiger partial charge < -0.3 is 33.9 Å². The predicted octanol–water partition coefficient (Wildman–Crippen LogP) is 2.36. The molecule has 2 heterocycles. The highest BCUT2D eigenvalue weighted by atomic mass is 16.6. The van der Waals surface area contributed by atoms with Gasteiger partial charge in [0, 0.05) is 42.7 Å². The van der Waals surface area contributed by atoms with Crippen molar-refractivity contribution in [1.82, 2.24) is 4.90 Å². The molecule has 1 saturated heterocycles. The fraction of sp³-hybridized carbons (Fsp3) is 0.364. The lowest BCUT2D eigenvalue weighted by atomic mass is 10.2. The fourth-order valence-corrected chi connectivity index (χ4v) is 3.70. The number of methoxy groups -OCH3 is 3. The van der Waals surface area contributed by atoms with Crippen molar-refractivity contribution in [2.75, 3.05) is 64.4 Å². The van der Waals surface area contributed by atoms with E-state index in [0.29, 0.717) is 66.4 Å². The van der Waals surface area contributed by atoms with Crippen molar-refractivity contribution in [2.24, 2.45) is 0 Å². The highest BCUT2D eigenvalue weighted by Gasteiger charge is 2.31. The van der Waals surface area contributed by atoms with Gasteiger partial charge in [-0.05, 0) is 12.1 Å². The van der Waals surface area contributed by atoms with E-state index in [0.717, 1.165) is 0 Å². The van der Waals surface area contributed by atoms with Crippen molar-refractivity contribution in [3.63, 3.8) is 0 Å². The van der Waals surface area contributed by atoms with E-state index in [9.17, 15) is 9.59 Å². The number of anilines is 2. The molecule has 1 N–H and O–H groups in total. The molecule has 3 amide bonds.